The van der Waals surface area contributed by atoms with Crippen LogP contribution in [0.3, 0.4) is 0 Å². The molecule has 0 saturated heterocycles. The Kier molecular flexibility index (Phi) is 7.87. The van der Waals surface area contributed by atoms with Gasteiger partial charge in [-0.3, -0.25) is 0 Å². The van der Waals surface area contributed by atoms with Crippen LogP contribution < -0.4 is 34.7 Å². The zero-order valence-electron chi connectivity index (χ0n) is 9.91. The fourth-order valence-electron chi connectivity index (χ4n) is 1.07. The molecule has 0 aliphatic rings. The molecule has 2 N–H and O–H groups in total. The second-order valence-corrected chi connectivity index (χ2v) is 3.14. The molecule has 0 unspecified atom stereocenters. The minimum atomic E-state index is -1.36. The molecular weight excluding hydrogens is 243 g/mol. The Labute approximate surface area is 127 Å². The molecule has 88 valence electrons. The van der Waals surface area contributed by atoms with Crippen LogP contribution in [0.2, 0.25) is 0 Å². The molecule has 2 aromatic carbocycles. The largest absolute Gasteiger partial charge is 1.00 e. The van der Waals surface area contributed by atoms with Crippen molar-refractivity contribution in [1.29, 1.82) is 0 Å². The Morgan fingerprint density at radius 2 is 1.39 bits per heavy atom. The maximum absolute atomic E-state index is 10.2. The molecule has 18 heavy (non-hydrogen) atoms. The van der Waals surface area contributed by atoms with Gasteiger partial charge in [0.15, 0.2) is 0 Å². The Hall–Kier alpha value is -1.49. The van der Waals surface area contributed by atoms with Gasteiger partial charge in [0.25, 0.3) is 0 Å². The third-order valence-electron chi connectivity index (χ3n) is 1.88. The Balaban J connectivity index is 0.000000321. The molecule has 4 nitrogen and oxygen atoms in total. The van der Waals surface area contributed by atoms with E-state index in [0.717, 1.165) is 0 Å². The zero-order valence-corrected chi connectivity index (χ0v) is 11.9. The molecule has 2 aromatic rings. The van der Waals surface area contributed by atoms with E-state index >= 15 is 0 Å². The minimum absolute atomic E-state index is 0. The van der Waals surface area contributed by atoms with Gasteiger partial charge in [0.05, 0.1) is 5.97 Å². The Bertz CT molecular complexity index is 485. The van der Waals surface area contributed by atoms with Crippen molar-refractivity contribution in [3.05, 3.63) is 60.2 Å². The molecule has 0 amide bonds. The van der Waals surface area contributed by atoms with Crippen LogP contribution in [0.15, 0.2) is 54.6 Å². The monoisotopic (exact) mass is 254 g/mol. The fraction of sp³-hybridized carbons (Fsp3) is 0. The van der Waals surface area contributed by atoms with Gasteiger partial charge in [0.1, 0.15) is 11.5 Å². The van der Waals surface area contributed by atoms with Crippen LogP contribution in [0.25, 0.3) is 0 Å². The summed E-state index contributed by atoms with van der Waals surface area (Å²) < 4.78 is 0. The van der Waals surface area contributed by atoms with Gasteiger partial charge in [-0.15, -0.1) is 0 Å². The number of rotatable bonds is 1. The summed E-state index contributed by atoms with van der Waals surface area (Å²) in [7, 11) is 0. The van der Waals surface area contributed by atoms with Crippen LogP contribution in [-0.2, 0) is 0 Å². The molecule has 5 heteroatoms. The van der Waals surface area contributed by atoms with Crippen LogP contribution in [0.4, 0.5) is 0 Å². The summed E-state index contributed by atoms with van der Waals surface area (Å²) in [5, 5.41) is 27.6. The van der Waals surface area contributed by atoms with Gasteiger partial charge in [-0.05, 0) is 24.3 Å². The molecular formula is C13H11NaO4. The van der Waals surface area contributed by atoms with Crippen molar-refractivity contribution in [2.45, 2.75) is 0 Å². The predicted molar refractivity (Wildman–Crippen MR) is 60.5 cm³/mol. The maximum Gasteiger partial charge on any atom is 1.00 e. The quantitative estimate of drug-likeness (QED) is 0.586. The summed E-state index contributed by atoms with van der Waals surface area (Å²) in [6.07, 6.45) is 0. The van der Waals surface area contributed by atoms with Crippen LogP contribution in [0.5, 0.6) is 11.5 Å². The van der Waals surface area contributed by atoms with Crippen molar-refractivity contribution in [3.8, 4) is 11.5 Å². The molecule has 0 aliphatic carbocycles. The van der Waals surface area contributed by atoms with Crippen molar-refractivity contribution >= 4 is 5.97 Å². The number of carboxylic acid groups (broad SMARTS) is 1. The van der Waals surface area contributed by atoms with E-state index in [4.69, 9.17) is 10.2 Å². The number of carboxylic acids is 1. The summed E-state index contributed by atoms with van der Waals surface area (Å²) in [6, 6.07) is 14.4. The van der Waals surface area contributed by atoms with E-state index in [1.165, 1.54) is 18.2 Å². The third kappa shape index (κ3) is 5.72. The van der Waals surface area contributed by atoms with Crippen molar-refractivity contribution in [2.75, 3.05) is 0 Å². The van der Waals surface area contributed by atoms with Gasteiger partial charge < -0.3 is 20.1 Å². The van der Waals surface area contributed by atoms with Crippen molar-refractivity contribution < 1.29 is 49.7 Å². The number of hydrogen-bond acceptors (Lipinski definition) is 4. The van der Waals surface area contributed by atoms with E-state index in [-0.39, 0.29) is 40.9 Å². The van der Waals surface area contributed by atoms with Gasteiger partial charge in [-0.25, -0.2) is 0 Å². The van der Waals surface area contributed by atoms with E-state index in [9.17, 15) is 9.90 Å². The summed E-state index contributed by atoms with van der Waals surface area (Å²) in [5.74, 6) is -1.30. The maximum atomic E-state index is 10.2. The van der Waals surface area contributed by atoms with Crippen LogP contribution in [0, 0.1) is 0 Å². The fourth-order valence-corrected chi connectivity index (χ4v) is 1.07. The number of phenols is 2. The molecule has 0 saturated carbocycles. The molecule has 0 heterocycles. The number of hydrogen-bond donors (Lipinski definition) is 2. The average Bonchev–Trinajstić information content (AvgIpc) is 2.31. The number of benzene rings is 2. The van der Waals surface area contributed by atoms with Crippen LogP contribution in [0.1, 0.15) is 10.4 Å². The smallest absolute Gasteiger partial charge is 0.545 e. The van der Waals surface area contributed by atoms with Crippen molar-refractivity contribution in [2.24, 2.45) is 0 Å². The predicted octanol–water partition coefficient (Wildman–Crippen LogP) is -1.85. The number of para-hydroxylation sites is 2. The van der Waals surface area contributed by atoms with Gasteiger partial charge in [0.2, 0.25) is 0 Å². The average molecular weight is 254 g/mol. The molecule has 0 aromatic heterocycles. The SMILES string of the molecule is O=C([O-])c1ccccc1O.Oc1ccccc1.[Na+]. The first-order valence-corrected chi connectivity index (χ1v) is 4.84. The number of aromatic carboxylic acids is 1. The summed E-state index contributed by atoms with van der Waals surface area (Å²) >= 11 is 0. The van der Waals surface area contributed by atoms with Gasteiger partial charge in [0, 0.05) is 5.56 Å². The number of aromatic hydroxyl groups is 2. The topological polar surface area (TPSA) is 80.6 Å². The number of carbonyl (C=O) groups is 1. The molecule has 2 rings (SSSR count). The first-order chi connectivity index (χ1) is 8.11. The molecule has 0 atom stereocenters. The third-order valence-corrected chi connectivity index (χ3v) is 1.88. The first-order valence-electron chi connectivity index (χ1n) is 4.84. The minimum Gasteiger partial charge on any atom is -0.545 e. The van der Waals surface area contributed by atoms with Crippen LogP contribution in [-0.4, -0.2) is 16.2 Å². The van der Waals surface area contributed by atoms with Gasteiger partial charge in [-0.1, -0.05) is 30.3 Å². The second kappa shape index (κ2) is 8.58. The number of carbonyl (C=O) groups excluding carboxylic acids is 1. The van der Waals surface area contributed by atoms with Crippen molar-refractivity contribution in [1.82, 2.24) is 0 Å². The molecule has 0 radical (unpaired) electrons. The molecule has 0 spiro atoms. The van der Waals surface area contributed by atoms with Gasteiger partial charge >= 0.3 is 29.6 Å². The standard InChI is InChI=1S/C7H6O3.C6H6O.Na/c8-6-4-2-1-3-5(6)7(9)10;7-6-4-2-1-3-5-6;/h1-4,8H,(H,9,10);1-5,7H;/q;;+1/p-1. The van der Waals surface area contributed by atoms with Crippen LogP contribution >= 0.6 is 0 Å². The van der Waals surface area contributed by atoms with Gasteiger partial charge in [-0.2, -0.15) is 0 Å². The first kappa shape index (κ1) is 16.5. The molecule has 0 fully saturated rings. The number of phenolic OH excluding ortho intramolecular Hbond substituents is 1. The summed E-state index contributed by atoms with van der Waals surface area (Å²) in [4.78, 5) is 10.2. The Morgan fingerprint density at radius 1 is 0.889 bits per heavy atom. The normalized spacial score (nSPS) is 8.44. The van der Waals surface area contributed by atoms with E-state index in [2.05, 4.69) is 0 Å². The van der Waals surface area contributed by atoms with Crippen molar-refractivity contribution in [3.63, 3.8) is 0 Å². The van der Waals surface area contributed by atoms with E-state index in [1.54, 1.807) is 30.3 Å². The second-order valence-electron chi connectivity index (χ2n) is 3.14. The summed E-state index contributed by atoms with van der Waals surface area (Å²) in [5.41, 5.74) is -0.178. The summed E-state index contributed by atoms with van der Waals surface area (Å²) in [6.45, 7) is 0. The zero-order chi connectivity index (χ0) is 12.7. The van der Waals surface area contributed by atoms with E-state index in [0.29, 0.717) is 5.75 Å². The van der Waals surface area contributed by atoms with E-state index < -0.39 is 5.97 Å². The molecule has 0 aliphatic heterocycles. The Morgan fingerprint density at radius 3 is 1.72 bits per heavy atom. The molecule has 0 bridgehead atoms. The van der Waals surface area contributed by atoms with E-state index in [1.807, 2.05) is 6.07 Å².